The van der Waals surface area contributed by atoms with Crippen LogP contribution in [0, 0.1) is 12.8 Å². The highest BCUT2D eigenvalue weighted by Crippen LogP contribution is 2.28. The van der Waals surface area contributed by atoms with Gasteiger partial charge in [0.05, 0.1) is 25.7 Å². The summed E-state index contributed by atoms with van der Waals surface area (Å²) in [6.07, 6.45) is 0.120. The summed E-state index contributed by atoms with van der Waals surface area (Å²) in [5.74, 6) is 0.270. The predicted octanol–water partition coefficient (Wildman–Crippen LogP) is 3.82. The number of methoxy groups -OCH3 is 1. The number of hydrogen-bond donors (Lipinski definition) is 0. The molecule has 0 aromatic heterocycles. The van der Waals surface area contributed by atoms with Gasteiger partial charge < -0.3 is 9.47 Å². The average Bonchev–Trinajstić information content (AvgIpc) is 2.44. The van der Waals surface area contributed by atoms with Crippen LogP contribution in [0.5, 0.6) is 5.75 Å². The zero-order valence-corrected chi connectivity index (χ0v) is 13.6. The summed E-state index contributed by atoms with van der Waals surface area (Å²) < 4.78 is 10.2. The van der Waals surface area contributed by atoms with Crippen LogP contribution < -0.4 is 4.74 Å². The quantitative estimate of drug-likeness (QED) is 0.567. The molecule has 1 aromatic carbocycles. The van der Waals surface area contributed by atoms with Crippen LogP contribution in [0.15, 0.2) is 12.1 Å². The number of esters is 1. The van der Waals surface area contributed by atoms with Gasteiger partial charge >= 0.3 is 5.97 Å². The number of hydrogen-bond acceptors (Lipinski definition) is 4. The molecule has 5 heteroatoms. The largest absolute Gasteiger partial charge is 0.493 e. The van der Waals surface area contributed by atoms with Gasteiger partial charge in [0, 0.05) is 11.4 Å². The van der Waals surface area contributed by atoms with Crippen molar-refractivity contribution in [2.75, 3.05) is 13.7 Å². The first kappa shape index (κ1) is 17.5. The molecule has 0 aliphatic carbocycles. The zero-order valence-electron chi connectivity index (χ0n) is 12.9. The third-order valence-corrected chi connectivity index (χ3v) is 3.32. The Morgan fingerprint density at radius 3 is 2.48 bits per heavy atom. The maximum absolute atomic E-state index is 12.2. The molecule has 0 amide bonds. The van der Waals surface area contributed by atoms with Crippen LogP contribution in [0.1, 0.15) is 42.6 Å². The van der Waals surface area contributed by atoms with Crippen molar-refractivity contribution in [3.63, 3.8) is 0 Å². The van der Waals surface area contributed by atoms with Gasteiger partial charge in [-0.15, -0.1) is 0 Å². The van der Waals surface area contributed by atoms with Crippen molar-refractivity contribution in [1.29, 1.82) is 0 Å². The van der Waals surface area contributed by atoms with E-state index in [1.807, 2.05) is 20.8 Å². The van der Waals surface area contributed by atoms with Gasteiger partial charge in [0.1, 0.15) is 5.75 Å². The summed E-state index contributed by atoms with van der Waals surface area (Å²) >= 11 is 6.08. The highest BCUT2D eigenvalue weighted by molar-refractivity contribution is 6.31. The molecule has 0 N–H and O–H groups in total. The average molecular weight is 313 g/mol. The van der Waals surface area contributed by atoms with E-state index in [2.05, 4.69) is 4.74 Å². The Labute approximate surface area is 130 Å². The van der Waals surface area contributed by atoms with E-state index in [9.17, 15) is 9.59 Å². The van der Waals surface area contributed by atoms with Crippen LogP contribution in [0.25, 0.3) is 0 Å². The minimum atomic E-state index is -0.411. The van der Waals surface area contributed by atoms with E-state index < -0.39 is 5.97 Å². The maximum atomic E-state index is 12.2. The molecule has 0 saturated heterocycles. The minimum absolute atomic E-state index is 0.0461. The number of ketones is 1. The molecular formula is C16H21ClO4. The van der Waals surface area contributed by atoms with Crippen LogP contribution in [0.2, 0.25) is 5.02 Å². The Morgan fingerprint density at radius 1 is 1.24 bits per heavy atom. The molecule has 0 unspecified atom stereocenters. The van der Waals surface area contributed by atoms with Crippen LogP contribution in [0.3, 0.4) is 0 Å². The standard InChI is InChI=1S/C16H21ClO4/c1-10(2)9-21-15-7-11(3)13(17)8-12(15)14(18)5-6-16(19)20-4/h7-8,10H,5-6,9H2,1-4H3. The lowest BCUT2D eigenvalue weighted by Gasteiger charge is -2.14. The summed E-state index contributed by atoms with van der Waals surface area (Å²) in [5.41, 5.74) is 1.26. The predicted molar refractivity (Wildman–Crippen MR) is 82.1 cm³/mol. The molecule has 0 bridgehead atoms. The number of aryl methyl sites for hydroxylation is 1. The first-order valence-electron chi connectivity index (χ1n) is 6.88. The number of carbonyl (C=O) groups is 2. The van der Waals surface area contributed by atoms with Gasteiger partial charge in [-0.05, 0) is 30.5 Å². The van der Waals surface area contributed by atoms with Crippen LogP contribution in [-0.4, -0.2) is 25.5 Å². The molecular weight excluding hydrogens is 292 g/mol. The highest BCUT2D eigenvalue weighted by Gasteiger charge is 2.17. The SMILES string of the molecule is COC(=O)CCC(=O)c1cc(Cl)c(C)cc1OCC(C)C. The van der Waals surface area contributed by atoms with Crippen molar-refractivity contribution >= 4 is 23.4 Å². The fraction of sp³-hybridized carbons (Fsp3) is 0.500. The monoisotopic (exact) mass is 312 g/mol. The van der Waals surface area contributed by atoms with E-state index in [1.54, 1.807) is 12.1 Å². The molecule has 0 fully saturated rings. The third kappa shape index (κ3) is 5.38. The Hall–Kier alpha value is -1.55. The van der Waals surface area contributed by atoms with Gasteiger partial charge in [0.15, 0.2) is 5.78 Å². The lowest BCUT2D eigenvalue weighted by atomic mass is 10.0. The van der Waals surface area contributed by atoms with Gasteiger partial charge in [0.25, 0.3) is 0 Å². The number of carbonyl (C=O) groups excluding carboxylic acids is 2. The number of halogens is 1. The van der Waals surface area contributed by atoms with E-state index in [-0.39, 0.29) is 18.6 Å². The zero-order chi connectivity index (χ0) is 16.0. The second kappa shape index (κ2) is 8.03. The fourth-order valence-electron chi connectivity index (χ4n) is 1.70. The summed E-state index contributed by atoms with van der Waals surface area (Å²) in [4.78, 5) is 23.4. The number of Topliss-reactive ketones (excluding diaryl/α,β-unsaturated/α-hetero) is 1. The van der Waals surface area contributed by atoms with Crippen molar-refractivity contribution in [3.8, 4) is 5.75 Å². The second-order valence-electron chi connectivity index (χ2n) is 5.30. The number of rotatable bonds is 7. The number of ether oxygens (including phenoxy) is 2. The molecule has 0 aliphatic rings. The van der Waals surface area contributed by atoms with Crippen molar-refractivity contribution in [2.45, 2.75) is 33.6 Å². The molecule has 0 heterocycles. The van der Waals surface area contributed by atoms with Crippen LogP contribution in [0.4, 0.5) is 0 Å². The molecule has 21 heavy (non-hydrogen) atoms. The molecule has 0 saturated carbocycles. The first-order chi connectivity index (χ1) is 9.85. The van der Waals surface area contributed by atoms with Crippen LogP contribution >= 0.6 is 11.6 Å². The van der Waals surface area contributed by atoms with Gasteiger partial charge in [-0.1, -0.05) is 25.4 Å². The van der Waals surface area contributed by atoms with Crippen molar-refractivity contribution < 1.29 is 19.1 Å². The Bertz CT molecular complexity index is 523. The summed E-state index contributed by atoms with van der Waals surface area (Å²) in [6.45, 7) is 6.43. The smallest absolute Gasteiger partial charge is 0.305 e. The maximum Gasteiger partial charge on any atom is 0.305 e. The van der Waals surface area contributed by atoms with E-state index in [0.29, 0.717) is 28.9 Å². The lowest BCUT2D eigenvalue weighted by Crippen LogP contribution is -2.11. The molecule has 1 aromatic rings. The molecule has 0 aliphatic heterocycles. The molecule has 4 nitrogen and oxygen atoms in total. The fourth-order valence-corrected chi connectivity index (χ4v) is 1.86. The van der Waals surface area contributed by atoms with Gasteiger partial charge in [-0.2, -0.15) is 0 Å². The minimum Gasteiger partial charge on any atom is -0.493 e. The summed E-state index contributed by atoms with van der Waals surface area (Å²) in [6, 6.07) is 3.36. The third-order valence-electron chi connectivity index (χ3n) is 2.92. The Kier molecular flexibility index (Phi) is 6.69. The topological polar surface area (TPSA) is 52.6 Å². The second-order valence-corrected chi connectivity index (χ2v) is 5.71. The van der Waals surface area contributed by atoms with Gasteiger partial charge in [-0.25, -0.2) is 0 Å². The van der Waals surface area contributed by atoms with Gasteiger partial charge in [0.2, 0.25) is 0 Å². The Balaban J connectivity index is 2.94. The summed E-state index contributed by atoms with van der Waals surface area (Å²) in [5, 5.41) is 0.508. The highest BCUT2D eigenvalue weighted by atomic mass is 35.5. The van der Waals surface area contributed by atoms with Crippen molar-refractivity contribution in [1.82, 2.24) is 0 Å². The van der Waals surface area contributed by atoms with Crippen molar-refractivity contribution in [3.05, 3.63) is 28.3 Å². The Morgan fingerprint density at radius 2 is 1.90 bits per heavy atom. The van der Waals surface area contributed by atoms with Crippen molar-refractivity contribution in [2.24, 2.45) is 5.92 Å². The van der Waals surface area contributed by atoms with Gasteiger partial charge in [-0.3, -0.25) is 9.59 Å². The molecule has 0 radical (unpaired) electrons. The van der Waals surface area contributed by atoms with E-state index in [0.717, 1.165) is 5.56 Å². The molecule has 1 rings (SSSR count). The number of benzene rings is 1. The lowest BCUT2D eigenvalue weighted by molar-refractivity contribution is -0.140. The summed E-state index contributed by atoms with van der Waals surface area (Å²) in [7, 11) is 1.30. The van der Waals surface area contributed by atoms with E-state index in [1.165, 1.54) is 7.11 Å². The van der Waals surface area contributed by atoms with E-state index in [4.69, 9.17) is 16.3 Å². The molecule has 116 valence electrons. The molecule has 0 atom stereocenters. The van der Waals surface area contributed by atoms with Crippen LogP contribution in [-0.2, 0) is 9.53 Å². The van der Waals surface area contributed by atoms with E-state index >= 15 is 0 Å². The first-order valence-corrected chi connectivity index (χ1v) is 7.26. The normalized spacial score (nSPS) is 10.6. The molecule has 0 spiro atoms.